The topological polar surface area (TPSA) is 49.8 Å². The molecule has 2 saturated heterocycles. The zero-order chi connectivity index (χ0) is 10.7. The number of ether oxygens (including phenoxy) is 1. The van der Waals surface area contributed by atoms with Gasteiger partial charge in [0.05, 0.1) is 6.61 Å². The van der Waals surface area contributed by atoms with Crippen molar-refractivity contribution in [1.82, 2.24) is 4.90 Å². The molecule has 1 N–H and O–H groups in total. The fourth-order valence-electron chi connectivity index (χ4n) is 2.62. The Morgan fingerprint density at radius 1 is 1.27 bits per heavy atom. The van der Waals surface area contributed by atoms with E-state index in [-0.39, 0.29) is 6.04 Å². The number of hydrogen-bond acceptors (Lipinski definition) is 3. The van der Waals surface area contributed by atoms with E-state index >= 15 is 0 Å². The number of aliphatic carboxylic acids is 1. The molecule has 0 spiro atoms. The predicted molar refractivity (Wildman–Crippen MR) is 55.8 cm³/mol. The van der Waals surface area contributed by atoms with Crippen molar-refractivity contribution in [2.24, 2.45) is 0 Å². The molecule has 15 heavy (non-hydrogen) atoms. The second-order valence-corrected chi connectivity index (χ2v) is 4.46. The van der Waals surface area contributed by atoms with E-state index in [4.69, 9.17) is 4.74 Å². The summed E-state index contributed by atoms with van der Waals surface area (Å²) in [6.07, 6.45) is 5.12. The Kier molecular flexibility index (Phi) is 3.59. The lowest BCUT2D eigenvalue weighted by Gasteiger charge is -2.31. The maximum atomic E-state index is 11.2. The molecular formula is C11H19NO3. The lowest BCUT2D eigenvalue weighted by Crippen LogP contribution is -2.47. The molecule has 2 fully saturated rings. The van der Waals surface area contributed by atoms with E-state index in [0.29, 0.717) is 12.6 Å². The number of nitrogens with zero attached hydrogens (tertiary/aromatic N) is 1. The summed E-state index contributed by atoms with van der Waals surface area (Å²) in [7, 11) is 0. The van der Waals surface area contributed by atoms with E-state index < -0.39 is 5.97 Å². The third kappa shape index (κ3) is 2.49. The Morgan fingerprint density at radius 3 is 2.80 bits per heavy atom. The molecule has 0 radical (unpaired) electrons. The molecule has 0 amide bonds. The Morgan fingerprint density at radius 2 is 2.13 bits per heavy atom. The molecule has 2 rings (SSSR count). The minimum absolute atomic E-state index is 0.279. The number of hydrogen-bond donors (Lipinski definition) is 1. The van der Waals surface area contributed by atoms with Crippen LogP contribution < -0.4 is 0 Å². The van der Waals surface area contributed by atoms with Gasteiger partial charge in [0.25, 0.3) is 0 Å². The van der Waals surface area contributed by atoms with Gasteiger partial charge < -0.3 is 9.84 Å². The molecule has 0 bridgehead atoms. The number of carboxylic acid groups (broad SMARTS) is 1. The molecule has 2 aliphatic heterocycles. The van der Waals surface area contributed by atoms with Crippen molar-refractivity contribution in [2.75, 3.05) is 19.8 Å². The minimum Gasteiger partial charge on any atom is -0.480 e. The third-order valence-electron chi connectivity index (χ3n) is 3.45. The van der Waals surface area contributed by atoms with E-state index in [1.165, 1.54) is 0 Å². The van der Waals surface area contributed by atoms with Crippen LogP contribution in [0, 0.1) is 0 Å². The highest BCUT2D eigenvalue weighted by atomic mass is 16.5. The summed E-state index contributed by atoms with van der Waals surface area (Å²) < 4.78 is 5.34. The van der Waals surface area contributed by atoms with Gasteiger partial charge in [0.2, 0.25) is 0 Å². The van der Waals surface area contributed by atoms with Crippen molar-refractivity contribution < 1.29 is 14.6 Å². The summed E-state index contributed by atoms with van der Waals surface area (Å²) in [5.41, 5.74) is 0. The molecule has 2 unspecified atom stereocenters. The van der Waals surface area contributed by atoms with Crippen molar-refractivity contribution in [2.45, 2.75) is 44.2 Å². The highest BCUT2D eigenvalue weighted by molar-refractivity contribution is 5.73. The summed E-state index contributed by atoms with van der Waals surface area (Å²) >= 11 is 0. The van der Waals surface area contributed by atoms with E-state index in [9.17, 15) is 9.90 Å². The van der Waals surface area contributed by atoms with Crippen LogP contribution in [0.1, 0.15) is 32.1 Å². The second kappa shape index (κ2) is 4.94. The van der Waals surface area contributed by atoms with Crippen molar-refractivity contribution >= 4 is 5.97 Å². The van der Waals surface area contributed by atoms with Crippen LogP contribution in [0.25, 0.3) is 0 Å². The van der Waals surface area contributed by atoms with Gasteiger partial charge in [0.15, 0.2) is 0 Å². The Labute approximate surface area is 90.2 Å². The first-order chi connectivity index (χ1) is 7.29. The SMILES string of the molecule is O=C(O)C1CCCCCN1C1CCOC1. The minimum atomic E-state index is -0.663. The summed E-state index contributed by atoms with van der Waals surface area (Å²) in [5.74, 6) is -0.663. The highest BCUT2D eigenvalue weighted by Crippen LogP contribution is 2.23. The standard InChI is InChI=1S/C11H19NO3/c13-11(14)10-4-2-1-3-6-12(10)9-5-7-15-8-9/h9-10H,1-8H2,(H,13,14). The van der Waals surface area contributed by atoms with Gasteiger partial charge in [0.1, 0.15) is 6.04 Å². The predicted octanol–water partition coefficient (Wildman–Crippen LogP) is 1.10. The quantitative estimate of drug-likeness (QED) is 0.746. The van der Waals surface area contributed by atoms with Crippen LogP contribution in [0.4, 0.5) is 0 Å². The normalized spacial score (nSPS) is 33.9. The maximum Gasteiger partial charge on any atom is 0.320 e. The average molecular weight is 213 g/mol. The number of carboxylic acids is 1. The molecule has 2 atom stereocenters. The number of likely N-dealkylation sites (tertiary alicyclic amines) is 1. The van der Waals surface area contributed by atoms with Gasteiger partial charge in [-0.3, -0.25) is 9.69 Å². The molecule has 0 aliphatic carbocycles. The van der Waals surface area contributed by atoms with Gasteiger partial charge in [-0.1, -0.05) is 12.8 Å². The molecule has 4 nitrogen and oxygen atoms in total. The van der Waals surface area contributed by atoms with Gasteiger partial charge in [-0.15, -0.1) is 0 Å². The Hall–Kier alpha value is -0.610. The van der Waals surface area contributed by atoms with Crippen LogP contribution >= 0.6 is 0 Å². The molecule has 86 valence electrons. The molecule has 4 heteroatoms. The molecule has 0 aromatic rings. The molecule has 2 aliphatic rings. The third-order valence-corrected chi connectivity index (χ3v) is 3.45. The number of rotatable bonds is 2. The van der Waals surface area contributed by atoms with Gasteiger partial charge in [-0.25, -0.2) is 0 Å². The zero-order valence-electron chi connectivity index (χ0n) is 9.02. The lowest BCUT2D eigenvalue weighted by molar-refractivity contribution is -0.144. The fourth-order valence-corrected chi connectivity index (χ4v) is 2.62. The summed E-state index contributed by atoms with van der Waals surface area (Å²) in [4.78, 5) is 13.3. The molecule has 0 saturated carbocycles. The maximum absolute atomic E-state index is 11.2. The smallest absolute Gasteiger partial charge is 0.320 e. The fraction of sp³-hybridized carbons (Fsp3) is 0.909. The Bertz CT molecular complexity index is 226. The van der Waals surface area contributed by atoms with Crippen LogP contribution in [0.3, 0.4) is 0 Å². The van der Waals surface area contributed by atoms with Gasteiger partial charge in [-0.2, -0.15) is 0 Å². The van der Waals surface area contributed by atoms with Crippen molar-refractivity contribution in [3.05, 3.63) is 0 Å². The molecule has 2 heterocycles. The summed E-state index contributed by atoms with van der Waals surface area (Å²) in [5, 5.41) is 9.21. The van der Waals surface area contributed by atoms with Crippen LogP contribution in [-0.4, -0.2) is 47.8 Å². The zero-order valence-corrected chi connectivity index (χ0v) is 9.02. The van der Waals surface area contributed by atoms with Gasteiger partial charge in [0, 0.05) is 12.6 Å². The average Bonchev–Trinajstić information content (AvgIpc) is 2.61. The van der Waals surface area contributed by atoms with Crippen molar-refractivity contribution in [3.8, 4) is 0 Å². The van der Waals surface area contributed by atoms with Crippen LogP contribution in [0.5, 0.6) is 0 Å². The molecule has 0 aromatic heterocycles. The summed E-state index contributed by atoms with van der Waals surface area (Å²) in [6.45, 7) is 2.42. The second-order valence-electron chi connectivity index (χ2n) is 4.46. The van der Waals surface area contributed by atoms with Crippen LogP contribution in [0.15, 0.2) is 0 Å². The first kappa shape index (κ1) is 10.9. The van der Waals surface area contributed by atoms with Crippen LogP contribution in [-0.2, 0) is 9.53 Å². The number of carbonyl (C=O) groups is 1. The molecular weight excluding hydrogens is 194 g/mol. The first-order valence-corrected chi connectivity index (χ1v) is 5.85. The van der Waals surface area contributed by atoms with Crippen molar-refractivity contribution in [1.29, 1.82) is 0 Å². The summed E-state index contributed by atoms with van der Waals surface area (Å²) in [6, 6.07) is 0.0587. The van der Waals surface area contributed by atoms with Gasteiger partial charge >= 0.3 is 5.97 Å². The van der Waals surface area contributed by atoms with Crippen molar-refractivity contribution in [3.63, 3.8) is 0 Å². The van der Waals surface area contributed by atoms with E-state index in [1.54, 1.807) is 0 Å². The van der Waals surface area contributed by atoms with Crippen LogP contribution in [0.2, 0.25) is 0 Å². The van der Waals surface area contributed by atoms with E-state index in [1.807, 2.05) is 0 Å². The first-order valence-electron chi connectivity index (χ1n) is 5.85. The molecule has 0 aromatic carbocycles. The van der Waals surface area contributed by atoms with E-state index in [0.717, 1.165) is 45.3 Å². The highest BCUT2D eigenvalue weighted by Gasteiger charge is 2.33. The monoisotopic (exact) mass is 213 g/mol. The largest absolute Gasteiger partial charge is 0.480 e. The van der Waals surface area contributed by atoms with E-state index in [2.05, 4.69) is 4.90 Å². The van der Waals surface area contributed by atoms with Gasteiger partial charge in [-0.05, 0) is 25.8 Å². The Balaban J connectivity index is 2.05. The lowest BCUT2D eigenvalue weighted by atomic mass is 10.1.